The summed E-state index contributed by atoms with van der Waals surface area (Å²) in [4.78, 5) is 58.4. The predicted molar refractivity (Wildman–Crippen MR) is 138 cm³/mol. The van der Waals surface area contributed by atoms with Crippen LogP contribution in [-0.2, 0) is 20.8 Å². The molecule has 0 bridgehead atoms. The third kappa shape index (κ3) is 6.48. The maximum absolute atomic E-state index is 13.5. The zero-order valence-corrected chi connectivity index (χ0v) is 21.8. The van der Waals surface area contributed by atoms with Gasteiger partial charge in [-0.15, -0.1) is 22.7 Å². The second-order valence-electron chi connectivity index (χ2n) is 9.27. The molecule has 2 aromatic heterocycles. The average molecular weight is 533 g/mol. The van der Waals surface area contributed by atoms with E-state index in [1.54, 1.807) is 5.38 Å². The van der Waals surface area contributed by atoms with Crippen LogP contribution in [0.2, 0.25) is 0 Å². The Balaban J connectivity index is 1.49. The number of thiophene rings is 1. The fraction of sp³-hybridized carbons (Fsp3) is 0.542. The first-order chi connectivity index (χ1) is 17.3. The van der Waals surface area contributed by atoms with Gasteiger partial charge in [-0.05, 0) is 57.1 Å². The van der Waals surface area contributed by atoms with Gasteiger partial charge in [-0.3, -0.25) is 19.2 Å². The van der Waals surface area contributed by atoms with Crippen LogP contribution in [0.25, 0.3) is 0 Å². The number of aromatic nitrogens is 1. The number of aryl methyl sites for hydroxylation is 1. The van der Waals surface area contributed by atoms with Crippen LogP contribution in [0.3, 0.4) is 0 Å². The van der Waals surface area contributed by atoms with E-state index in [4.69, 9.17) is 5.73 Å². The maximum Gasteiger partial charge on any atom is 0.274 e. The molecule has 12 heteroatoms. The summed E-state index contributed by atoms with van der Waals surface area (Å²) in [5.41, 5.74) is 5.88. The molecule has 4 amide bonds. The van der Waals surface area contributed by atoms with Crippen LogP contribution in [0, 0.1) is 12.8 Å². The largest absolute Gasteiger partial charge is 0.368 e. The Morgan fingerprint density at radius 3 is 2.61 bits per heavy atom. The molecular weight excluding hydrogens is 500 g/mol. The number of hydrogen-bond donors (Lipinski definition) is 4. The lowest BCUT2D eigenvalue weighted by Gasteiger charge is -2.39. The smallest absolute Gasteiger partial charge is 0.274 e. The third-order valence-electron chi connectivity index (χ3n) is 6.71. The molecule has 4 heterocycles. The van der Waals surface area contributed by atoms with Crippen molar-refractivity contribution in [2.45, 2.75) is 57.2 Å². The molecule has 2 fully saturated rings. The molecule has 2 aliphatic rings. The van der Waals surface area contributed by atoms with Gasteiger partial charge in [0.05, 0.1) is 5.01 Å². The number of likely N-dealkylation sites (tertiary alicyclic amines) is 1. The Morgan fingerprint density at radius 1 is 1.19 bits per heavy atom. The minimum absolute atomic E-state index is 0.0109. The third-order valence-corrected chi connectivity index (χ3v) is 8.38. The molecule has 3 atom stereocenters. The number of carbonyl (C=O) groups excluding carboxylic acids is 4. The molecule has 3 unspecified atom stereocenters. The molecule has 2 saturated heterocycles. The van der Waals surface area contributed by atoms with Crippen molar-refractivity contribution < 1.29 is 19.2 Å². The Hall–Kier alpha value is -2.83. The summed E-state index contributed by atoms with van der Waals surface area (Å²) in [6, 6.07) is 1.72. The summed E-state index contributed by atoms with van der Waals surface area (Å²) >= 11 is 2.84. The van der Waals surface area contributed by atoms with Gasteiger partial charge in [0.2, 0.25) is 17.7 Å². The molecule has 0 saturated carbocycles. The van der Waals surface area contributed by atoms with Crippen molar-refractivity contribution >= 4 is 46.3 Å². The van der Waals surface area contributed by atoms with Crippen molar-refractivity contribution in [2.75, 3.05) is 19.6 Å². The number of hydrogen-bond acceptors (Lipinski definition) is 8. The van der Waals surface area contributed by atoms with E-state index in [-0.39, 0.29) is 48.9 Å². The molecule has 5 N–H and O–H groups in total. The highest BCUT2D eigenvalue weighted by molar-refractivity contribution is 7.10. The quantitative estimate of drug-likeness (QED) is 0.396. The fourth-order valence-electron chi connectivity index (χ4n) is 4.72. The van der Waals surface area contributed by atoms with Gasteiger partial charge >= 0.3 is 0 Å². The molecular formula is C24H32N6O4S2. The van der Waals surface area contributed by atoms with Gasteiger partial charge in [0.25, 0.3) is 5.91 Å². The number of amides is 4. The second-order valence-corrected chi connectivity index (χ2v) is 11.4. The number of carbonyl (C=O) groups is 4. The summed E-state index contributed by atoms with van der Waals surface area (Å²) in [7, 11) is 0. The monoisotopic (exact) mass is 532 g/mol. The fourth-order valence-corrected chi connectivity index (χ4v) is 6.06. The Kier molecular flexibility index (Phi) is 8.70. The van der Waals surface area contributed by atoms with E-state index >= 15 is 0 Å². The maximum atomic E-state index is 13.5. The number of piperidine rings is 2. The lowest BCUT2D eigenvalue weighted by Crippen LogP contribution is -2.60. The zero-order valence-electron chi connectivity index (χ0n) is 20.2. The van der Waals surface area contributed by atoms with Gasteiger partial charge in [-0.2, -0.15) is 0 Å². The normalized spacial score (nSPS) is 21.5. The number of thiazole rings is 1. The molecule has 0 aromatic carbocycles. The van der Waals surface area contributed by atoms with Crippen molar-refractivity contribution in [1.29, 1.82) is 0 Å². The van der Waals surface area contributed by atoms with Gasteiger partial charge < -0.3 is 26.6 Å². The van der Waals surface area contributed by atoms with Gasteiger partial charge in [0.1, 0.15) is 17.8 Å². The van der Waals surface area contributed by atoms with Gasteiger partial charge in [0.15, 0.2) is 0 Å². The Bertz CT molecular complexity index is 1080. The molecule has 2 aliphatic heterocycles. The first kappa shape index (κ1) is 26.2. The van der Waals surface area contributed by atoms with Crippen molar-refractivity contribution in [3.63, 3.8) is 0 Å². The SMILES string of the molecule is Cc1nc(C(=O)N2CCC(NC(=O)C3CCNCC3)CC2C(=O)NC(Cc2cccs2)C(N)=O)cs1. The van der Waals surface area contributed by atoms with Crippen molar-refractivity contribution in [3.8, 4) is 0 Å². The van der Waals surface area contributed by atoms with Crippen LogP contribution < -0.4 is 21.7 Å². The summed E-state index contributed by atoms with van der Waals surface area (Å²) in [6.45, 7) is 3.72. The van der Waals surface area contributed by atoms with E-state index in [0.29, 0.717) is 6.42 Å². The van der Waals surface area contributed by atoms with Crippen LogP contribution >= 0.6 is 22.7 Å². The number of nitrogens with zero attached hydrogens (tertiary/aromatic N) is 2. The summed E-state index contributed by atoms with van der Waals surface area (Å²) in [5.74, 6) is -1.51. The lowest BCUT2D eigenvalue weighted by atomic mass is 9.93. The molecule has 194 valence electrons. The summed E-state index contributed by atoms with van der Waals surface area (Å²) < 4.78 is 0. The number of rotatable bonds is 8. The minimum Gasteiger partial charge on any atom is -0.368 e. The highest BCUT2D eigenvalue weighted by atomic mass is 32.1. The standard InChI is InChI=1S/C24H32N6O4S2/c1-14-27-19(13-36-14)24(34)30-9-6-16(28-22(32)15-4-7-26-8-5-15)11-20(30)23(33)29-18(21(25)31)12-17-3-2-10-35-17/h2-3,10,13,15-16,18,20,26H,4-9,11-12H2,1H3,(H2,25,31)(H,28,32)(H,29,33). The van der Waals surface area contributed by atoms with Gasteiger partial charge in [-0.25, -0.2) is 4.98 Å². The van der Waals surface area contributed by atoms with E-state index in [1.165, 1.54) is 27.6 Å². The molecule has 36 heavy (non-hydrogen) atoms. The van der Waals surface area contributed by atoms with Crippen molar-refractivity contribution in [1.82, 2.24) is 25.8 Å². The van der Waals surface area contributed by atoms with E-state index in [1.807, 2.05) is 24.4 Å². The van der Waals surface area contributed by atoms with Crippen LogP contribution in [-0.4, -0.2) is 71.3 Å². The van der Waals surface area contributed by atoms with E-state index in [2.05, 4.69) is 20.9 Å². The van der Waals surface area contributed by atoms with Crippen LogP contribution in [0.1, 0.15) is 46.1 Å². The zero-order chi connectivity index (χ0) is 25.7. The van der Waals surface area contributed by atoms with E-state index in [9.17, 15) is 19.2 Å². The summed E-state index contributed by atoms with van der Waals surface area (Å²) in [5, 5.41) is 13.4. The average Bonchev–Trinajstić information content (AvgIpc) is 3.55. The van der Waals surface area contributed by atoms with Crippen molar-refractivity contribution in [2.24, 2.45) is 11.7 Å². The van der Waals surface area contributed by atoms with Gasteiger partial charge in [0, 0.05) is 35.2 Å². The number of nitrogens with one attached hydrogen (secondary N) is 3. The highest BCUT2D eigenvalue weighted by Gasteiger charge is 2.39. The first-order valence-corrected chi connectivity index (χ1v) is 13.9. The summed E-state index contributed by atoms with van der Waals surface area (Å²) in [6.07, 6.45) is 2.62. The minimum atomic E-state index is -0.903. The molecule has 0 aliphatic carbocycles. The number of nitrogens with two attached hydrogens (primary N) is 1. The topological polar surface area (TPSA) is 147 Å². The van der Waals surface area contributed by atoms with Crippen LogP contribution in [0.5, 0.6) is 0 Å². The van der Waals surface area contributed by atoms with Crippen molar-refractivity contribution in [3.05, 3.63) is 38.5 Å². The van der Waals surface area contributed by atoms with Gasteiger partial charge in [-0.1, -0.05) is 6.07 Å². The molecule has 2 aromatic rings. The van der Waals surface area contributed by atoms with E-state index in [0.717, 1.165) is 35.8 Å². The molecule has 0 radical (unpaired) electrons. The molecule has 0 spiro atoms. The second kappa shape index (κ2) is 11.9. The predicted octanol–water partition coefficient (Wildman–Crippen LogP) is 0.815. The molecule has 4 rings (SSSR count). The Labute approximate surface area is 218 Å². The number of primary amides is 1. The van der Waals surface area contributed by atoms with E-state index < -0.39 is 23.9 Å². The first-order valence-electron chi connectivity index (χ1n) is 12.2. The van der Waals surface area contributed by atoms with Crippen LogP contribution in [0.4, 0.5) is 0 Å². The highest BCUT2D eigenvalue weighted by Crippen LogP contribution is 2.23. The lowest BCUT2D eigenvalue weighted by molar-refractivity contribution is -0.132. The Morgan fingerprint density at radius 2 is 1.97 bits per heavy atom. The molecule has 10 nitrogen and oxygen atoms in total. The van der Waals surface area contributed by atoms with Crippen LogP contribution in [0.15, 0.2) is 22.9 Å².